The second-order valence-electron chi connectivity index (χ2n) is 5.46. The maximum Gasteiger partial charge on any atom is 0.417 e. The zero-order valence-corrected chi connectivity index (χ0v) is 15.1. The highest BCUT2D eigenvalue weighted by atomic mass is 35.5. The standard InChI is InChI=1S/C18H12Cl2F3N3O/c19-14-5-3-12(4-6-14)11-27-25-10-15-2-1-7-26(15)17-16(20)8-13(9-24-17)18(21,22)23/h1-10H,11H2/b25-10-. The zero-order chi connectivity index (χ0) is 19.4. The van der Waals surface area contributed by atoms with Gasteiger partial charge in [0.25, 0.3) is 0 Å². The van der Waals surface area contributed by atoms with Gasteiger partial charge in [0.1, 0.15) is 6.61 Å². The third kappa shape index (κ3) is 4.81. The fourth-order valence-corrected chi connectivity index (χ4v) is 2.62. The summed E-state index contributed by atoms with van der Waals surface area (Å²) >= 11 is 11.8. The van der Waals surface area contributed by atoms with Crippen LogP contribution in [0.15, 0.2) is 60.0 Å². The molecule has 3 rings (SSSR count). The van der Waals surface area contributed by atoms with Crippen LogP contribution in [0.25, 0.3) is 5.82 Å². The van der Waals surface area contributed by atoms with Gasteiger partial charge in [-0.1, -0.05) is 40.5 Å². The quantitative estimate of drug-likeness (QED) is 0.394. The fraction of sp³-hybridized carbons (Fsp3) is 0.111. The molecule has 0 N–H and O–H groups in total. The molecule has 4 nitrogen and oxygen atoms in total. The molecule has 27 heavy (non-hydrogen) atoms. The molecule has 2 heterocycles. The van der Waals surface area contributed by atoms with E-state index >= 15 is 0 Å². The molecule has 0 amide bonds. The minimum atomic E-state index is -4.51. The van der Waals surface area contributed by atoms with Crippen molar-refractivity contribution in [1.29, 1.82) is 0 Å². The Labute approximate surface area is 162 Å². The summed E-state index contributed by atoms with van der Waals surface area (Å²) in [5, 5.41) is 4.37. The van der Waals surface area contributed by atoms with E-state index in [1.165, 1.54) is 10.8 Å². The average molecular weight is 414 g/mol. The molecule has 0 bridgehead atoms. The highest BCUT2D eigenvalue weighted by Gasteiger charge is 2.31. The van der Waals surface area contributed by atoms with Crippen LogP contribution in [0.5, 0.6) is 0 Å². The first-order valence-corrected chi connectivity index (χ1v) is 8.40. The van der Waals surface area contributed by atoms with Crippen molar-refractivity contribution in [2.45, 2.75) is 12.8 Å². The van der Waals surface area contributed by atoms with E-state index in [-0.39, 0.29) is 17.4 Å². The van der Waals surface area contributed by atoms with Crippen molar-refractivity contribution >= 4 is 29.4 Å². The molecule has 0 aliphatic heterocycles. The van der Waals surface area contributed by atoms with E-state index in [0.29, 0.717) is 10.7 Å². The van der Waals surface area contributed by atoms with Crippen LogP contribution in [0.3, 0.4) is 0 Å². The summed E-state index contributed by atoms with van der Waals surface area (Å²) in [5.41, 5.74) is 0.518. The predicted octanol–water partition coefficient (Wildman–Crippen LogP) is 5.75. The summed E-state index contributed by atoms with van der Waals surface area (Å²) in [6.45, 7) is 0.244. The van der Waals surface area contributed by atoms with Gasteiger partial charge in [0, 0.05) is 17.4 Å². The highest BCUT2D eigenvalue weighted by Crippen LogP contribution is 2.32. The van der Waals surface area contributed by atoms with Gasteiger partial charge < -0.3 is 4.84 Å². The number of nitrogens with zero attached hydrogens (tertiary/aromatic N) is 3. The van der Waals surface area contributed by atoms with Crippen molar-refractivity contribution in [2.75, 3.05) is 0 Å². The Bertz CT molecular complexity index is 953. The van der Waals surface area contributed by atoms with Gasteiger partial charge in [0.2, 0.25) is 0 Å². The molecule has 0 radical (unpaired) electrons. The van der Waals surface area contributed by atoms with Gasteiger partial charge in [-0.3, -0.25) is 4.57 Å². The monoisotopic (exact) mass is 413 g/mol. The number of rotatable bonds is 5. The largest absolute Gasteiger partial charge is 0.417 e. The maximum absolute atomic E-state index is 12.7. The number of alkyl halides is 3. The normalized spacial score (nSPS) is 11.9. The molecule has 0 fully saturated rings. The Morgan fingerprint density at radius 2 is 1.89 bits per heavy atom. The molecular formula is C18H12Cl2F3N3O. The first-order valence-electron chi connectivity index (χ1n) is 7.65. The molecule has 0 saturated carbocycles. The topological polar surface area (TPSA) is 39.4 Å². The third-order valence-corrected chi connectivity index (χ3v) is 4.09. The van der Waals surface area contributed by atoms with Crippen LogP contribution >= 0.6 is 23.2 Å². The second kappa shape index (κ2) is 8.02. The molecule has 0 unspecified atom stereocenters. The molecule has 0 aliphatic rings. The molecule has 140 valence electrons. The van der Waals surface area contributed by atoms with Crippen LogP contribution in [0.1, 0.15) is 16.8 Å². The summed E-state index contributed by atoms with van der Waals surface area (Å²) in [6, 6.07) is 11.3. The number of pyridine rings is 1. The van der Waals surface area contributed by atoms with E-state index in [1.54, 1.807) is 30.5 Å². The van der Waals surface area contributed by atoms with Gasteiger partial charge in [0.05, 0.1) is 22.5 Å². The summed E-state index contributed by atoms with van der Waals surface area (Å²) < 4.78 is 39.7. The van der Waals surface area contributed by atoms with E-state index in [1.807, 2.05) is 12.1 Å². The summed E-state index contributed by atoms with van der Waals surface area (Å²) in [5.74, 6) is 0.161. The smallest absolute Gasteiger partial charge is 0.391 e. The minimum Gasteiger partial charge on any atom is -0.391 e. The molecule has 9 heteroatoms. The minimum absolute atomic E-state index is 0.127. The lowest BCUT2D eigenvalue weighted by Crippen LogP contribution is -2.08. The van der Waals surface area contributed by atoms with Crippen LogP contribution in [-0.4, -0.2) is 15.8 Å². The number of benzene rings is 1. The summed E-state index contributed by atoms with van der Waals surface area (Å²) in [7, 11) is 0. The number of hydrogen-bond donors (Lipinski definition) is 0. The molecule has 2 aromatic heterocycles. The Morgan fingerprint density at radius 1 is 1.15 bits per heavy atom. The molecule has 0 aliphatic carbocycles. The van der Waals surface area contributed by atoms with Crippen LogP contribution in [0, 0.1) is 0 Å². The van der Waals surface area contributed by atoms with Crippen LogP contribution < -0.4 is 0 Å². The maximum atomic E-state index is 12.7. The third-order valence-electron chi connectivity index (χ3n) is 3.56. The number of hydrogen-bond acceptors (Lipinski definition) is 3. The first kappa shape index (κ1) is 19.3. The molecule has 0 spiro atoms. The van der Waals surface area contributed by atoms with Crippen molar-refractivity contribution in [1.82, 2.24) is 9.55 Å². The van der Waals surface area contributed by atoms with Crippen LogP contribution in [-0.2, 0) is 17.6 Å². The van der Waals surface area contributed by atoms with Crippen molar-refractivity contribution in [3.05, 3.63) is 81.7 Å². The summed E-state index contributed by atoms with van der Waals surface area (Å²) in [4.78, 5) is 9.06. The van der Waals surface area contributed by atoms with E-state index < -0.39 is 11.7 Å². The molecule has 1 aromatic carbocycles. The number of halogens is 5. The van der Waals surface area contributed by atoms with Crippen LogP contribution in [0.2, 0.25) is 10.0 Å². The van der Waals surface area contributed by atoms with Crippen molar-refractivity contribution in [3.8, 4) is 5.82 Å². The first-order chi connectivity index (χ1) is 12.8. The fourth-order valence-electron chi connectivity index (χ4n) is 2.24. The molecule has 0 saturated heterocycles. The molecule has 0 atom stereocenters. The highest BCUT2D eigenvalue weighted by molar-refractivity contribution is 6.32. The van der Waals surface area contributed by atoms with Gasteiger partial charge in [-0.05, 0) is 35.9 Å². The lowest BCUT2D eigenvalue weighted by atomic mass is 10.2. The number of aromatic nitrogens is 2. The van der Waals surface area contributed by atoms with Gasteiger partial charge in [0.15, 0.2) is 5.82 Å². The predicted molar refractivity (Wildman–Crippen MR) is 97.4 cm³/mol. The van der Waals surface area contributed by atoms with Crippen molar-refractivity contribution in [2.24, 2.45) is 5.16 Å². The van der Waals surface area contributed by atoms with Gasteiger partial charge >= 0.3 is 6.18 Å². The SMILES string of the molecule is FC(F)(F)c1cnc(-n2cccc2/C=N\OCc2ccc(Cl)cc2)c(Cl)c1. The Kier molecular flexibility index (Phi) is 5.72. The summed E-state index contributed by atoms with van der Waals surface area (Å²) in [6.07, 6.45) is -0.738. The van der Waals surface area contributed by atoms with Crippen molar-refractivity contribution < 1.29 is 18.0 Å². The Balaban J connectivity index is 1.73. The lowest BCUT2D eigenvalue weighted by molar-refractivity contribution is -0.137. The Morgan fingerprint density at radius 3 is 2.56 bits per heavy atom. The van der Waals surface area contributed by atoms with E-state index in [0.717, 1.165) is 17.8 Å². The van der Waals surface area contributed by atoms with Crippen molar-refractivity contribution in [3.63, 3.8) is 0 Å². The van der Waals surface area contributed by atoms with Crippen LogP contribution in [0.4, 0.5) is 13.2 Å². The molecular weight excluding hydrogens is 402 g/mol. The lowest BCUT2D eigenvalue weighted by Gasteiger charge is -2.11. The van der Waals surface area contributed by atoms with Gasteiger partial charge in [-0.2, -0.15) is 13.2 Å². The van der Waals surface area contributed by atoms with E-state index in [4.69, 9.17) is 28.0 Å². The second-order valence-corrected chi connectivity index (χ2v) is 6.31. The van der Waals surface area contributed by atoms with E-state index in [9.17, 15) is 13.2 Å². The average Bonchev–Trinajstić information content (AvgIpc) is 3.07. The van der Waals surface area contributed by atoms with E-state index in [2.05, 4.69) is 10.1 Å². The molecule has 3 aromatic rings. The zero-order valence-electron chi connectivity index (χ0n) is 13.6. The van der Waals surface area contributed by atoms with Gasteiger partial charge in [-0.25, -0.2) is 4.98 Å². The number of oxime groups is 1. The van der Waals surface area contributed by atoms with Gasteiger partial charge in [-0.15, -0.1) is 0 Å². The Hall–Kier alpha value is -2.51.